The number of sulfone groups is 1. The molecule has 3 rings (SSSR count). The minimum atomic E-state index is -3.42. The van der Waals surface area contributed by atoms with Gasteiger partial charge in [0.2, 0.25) is 5.91 Å². The van der Waals surface area contributed by atoms with Gasteiger partial charge in [-0.3, -0.25) is 4.79 Å². The van der Waals surface area contributed by atoms with E-state index in [-0.39, 0.29) is 12.3 Å². The first-order valence-corrected chi connectivity index (χ1v) is 11.7. The van der Waals surface area contributed by atoms with Crippen molar-refractivity contribution in [1.82, 2.24) is 10.3 Å². The number of carbonyl (C=O) groups excluding carboxylic acids is 1. The van der Waals surface area contributed by atoms with Crippen LogP contribution in [0.5, 0.6) is 0 Å². The number of aryl methyl sites for hydroxylation is 1. The quantitative estimate of drug-likeness (QED) is 0.582. The van der Waals surface area contributed by atoms with Gasteiger partial charge in [0, 0.05) is 10.9 Å². The van der Waals surface area contributed by atoms with Crippen molar-refractivity contribution in [3.8, 4) is 10.6 Å². The molecule has 1 aromatic heterocycles. The number of benzene rings is 2. The van der Waals surface area contributed by atoms with E-state index in [1.807, 2.05) is 66.0 Å². The summed E-state index contributed by atoms with van der Waals surface area (Å²) in [5.74, 6) is -0.976. The number of nitrogens with zero attached hydrogens (tertiary/aromatic N) is 1. The fraction of sp³-hybridized carbons (Fsp3) is 0.238. The lowest BCUT2D eigenvalue weighted by molar-refractivity contribution is -0.118. The highest BCUT2D eigenvalue weighted by molar-refractivity contribution is 7.92. The van der Waals surface area contributed by atoms with E-state index >= 15 is 0 Å². The summed E-state index contributed by atoms with van der Waals surface area (Å²) in [7, 11) is -3.42. The second kappa shape index (κ2) is 9.61. The Hall–Kier alpha value is -2.51. The molecule has 1 N–H and O–H groups in total. The Balaban J connectivity index is 1.44. The highest BCUT2D eigenvalue weighted by Gasteiger charge is 2.16. The van der Waals surface area contributed by atoms with Crippen LogP contribution >= 0.6 is 11.3 Å². The van der Waals surface area contributed by atoms with Gasteiger partial charge in [-0.05, 0) is 18.4 Å². The second-order valence-electron chi connectivity index (χ2n) is 6.47. The topological polar surface area (TPSA) is 76.1 Å². The maximum atomic E-state index is 12.2. The number of hydrogen-bond acceptors (Lipinski definition) is 5. The van der Waals surface area contributed by atoms with E-state index in [9.17, 15) is 13.2 Å². The number of hydrogen-bond donors (Lipinski definition) is 1. The van der Waals surface area contributed by atoms with Gasteiger partial charge in [0.15, 0.2) is 9.84 Å². The van der Waals surface area contributed by atoms with Crippen molar-refractivity contribution in [2.24, 2.45) is 0 Å². The number of amides is 1. The highest BCUT2D eigenvalue weighted by Crippen LogP contribution is 2.23. The molecule has 28 heavy (non-hydrogen) atoms. The minimum absolute atomic E-state index is 0.00414. The van der Waals surface area contributed by atoms with E-state index in [0.717, 1.165) is 21.8 Å². The monoisotopic (exact) mass is 414 g/mol. The fourth-order valence-corrected chi connectivity index (χ4v) is 4.81. The lowest BCUT2D eigenvalue weighted by atomic mass is 10.1. The maximum absolute atomic E-state index is 12.2. The molecule has 146 valence electrons. The van der Waals surface area contributed by atoms with Gasteiger partial charge in [0.25, 0.3) is 0 Å². The zero-order valence-electron chi connectivity index (χ0n) is 15.4. The second-order valence-corrected chi connectivity index (χ2v) is 9.51. The lowest BCUT2D eigenvalue weighted by Crippen LogP contribution is -2.31. The summed E-state index contributed by atoms with van der Waals surface area (Å²) in [6, 6.07) is 19.5. The van der Waals surface area contributed by atoms with Crippen LogP contribution < -0.4 is 5.32 Å². The SMILES string of the molecule is O=C(CS(=O)(=O)CCCc1ccccc1)NCc1csc(-c2ccccc2)n1. The average Bonchev–Trinajstić information content (AvgIpc) is 3.16. The molecule has 0 aliphatic carbocycles. The molecule has 1 amide bonds. The molecule has 0 saturated heterocycles. The molecule has 2 aromatic carbocycles. The Kier molecular flexibility index (Phi) is 6.95. The van der Waals surface area contributed by atoms with Gasteiger partial charge in [-0.15, -0.1) is 11.3 Å². The van der Waals surface area contributed by atoms with Crippen molar-refractivity contribution in [1.29, 1.82) is 0 Å². The Morgan fingerprint density at radius 3 is 2.39 bits per heavy atom. The number of rotatable bonds is 9. The predicted octanol–water partition coefficient (Wildman–Crippen LogP) is 3.47. The van der Waals surface area contributed by atoms with E-state index in [1.54, 1.807) is 0 Å². The zero-order chi connectivity index (χ0) is 19.8. The Morgan fingerprint density at radius 1 is 1.00 bits per heavy atom. The third kappa shape index (κ3) is 6.28. The molecule has 0 spiro atoms. The van der Waals surface area contributed by atoms with Crippen molar-refractivity contribution in [3.05, 3.63) is 77.3 Å². The Labute approximate surface area is 169 Å². The summed E-state index contributed by atoms with van der Waals surface area (Å²) in [5.41, 5.74) is 2.84. The van der Waals surface area contributed by atoms with Crippen LogP contribution in [0.2, 0.25) is 0 Å². The smallest absolute Gasteiger partial charge is 0.235 e. The average molecular weight is 415 g/mol. The maximum Gasteiger partial charge on any atom is 0.235 e. The molecule has 0 saturated carbocycles. The molecule has 0 unspecified atom stereocenters. The molecule has 1 heterocycles. The highest BCUT2D eigenvalue weighted by atomic mass is 32.2. The number of aromatic nitrogens is 1. The third-order valence-electron chi connectivity index (χ3n) is 4.15. The van der Waals surface area contributed by atoms with Crippen molar-refractivity contribution in [2.75, 3.05) is 11.5 Å². The molecule has 0 atom stereocenters. The molecule has 0 bridgehead atoms. The molecule has 0 fully saturated rings. The summed E-state index contributed by atoms with van der Waals surface area (Å²) in [5, 5.41) is 5.40. The number of nitrogens with one attached hydrogen (secondary N) is 1. The fourth-order valence-electron chi connectivity index (χ4n) is 2.75. The minimum Gasteiger partial charge on any atom is -0.350 e. The van der Waals surface area contributed by atoms with Crippen LogP contribution in [0.4, 0.5) is 0 Å². The van der Waals surface area contributed by atoms with Gasteiger partial charge >= 0.3 is 0 Å². The number of thiazole rings is 1. The lowest BCUT2D eigenvalue weighted by Gasteiger charge is -2.06. The van der Waals surface area contributed by atoms with Crippen molar-refractivity contribution >= 4 is 27.1 Å². The molecule has 0 radical (unpaired) electrons. The van der Waals surface area contributed by atoms with Gasteiger partial charge < -0.3 is 5.32 Å². The third-order valence-corrected chi connectivity index (χ3v) is 6.71. The summed E-state index contributed by atoms with van der Waals surface area (Å²) in [4.78, 5) is 16.5. The van der Waals surface area contributed by atoms with Crippen molar-refractivity contribution < 1.29 is 13.2 Å². The van der Waals surface area contributed by atoms with Gasteiger partial charge in [0.05, 0.1) is 18.0 Å². The Morgan fingerprint density at radius 2 is 1.68 bits per heavy atom. The van der Waals surface area contributed by atoms with E-state index in [0.29, 0.717) is 12.8 Å². The molecular weight excluding hydrogens is 392 g/mol. The van der Waals surface area contributed by atoms with Crippen LogP contribution in [-0.2, 0) is 27.6 Å². The summed E-state index contributed by atoms with van der Waals surface area (Å²) < 4.78 is 24.3. The first-order valence-electron chi connectivity index (χ1n) is 9.03. The summed E-state index contributed by atoms with van der Waals surface area (Å²) >= 11 is 1.50. The largest absolute Gasteiger partial charge is 0.350 e. The molecule has 7 heteroatoms. The zero-order valence-corrected chi connectivity index (χ0v) is 17.0. The van der Waals surface area contributed by atoms with E-state index in [1.165, 1.54) is 11.3 Å². The van der Waals surface area contributed by atoms with Gasteiger partial charge in [-0.1, -0.05) is 60.7 Å². The van der Waals surface area contributed by atoms with Crippen LogP contribution in [0.1, 0.15) is 17.7 Å². The molecule has 3 aromatic rings. The van der Waals surface area contributed by atoms with Gasteiger partial charge in [0.1, 0.15) is 10.8 Å². The van der Waals surface area contributed by atoms with Crippen LogP contribution in [-0.4, -0.2) is 30.8 Å². The molecule has 0 aliphatic rings. The van der Waals surface area contributed by atoms with E-state index < -0.39 is 21.5 Å². The number of carbonyl (C=O) groups is 1. The van der Waals surface area contributed by atoms with Crippen molar-refractivity contribution in [3.63, 3.8) is 0 Å². The van der Waals surface area contributed by atoms with E-state index in [4.69, 9.17) is 0 Å². The Bertz CT molecular complexity index is 1000. The van der Waals surface area contributed by atoms with Crippen LogP contribution in [0.25, 0.3) is 10.6 Å². The van der Waals surface area contributed by atoms with Crippen molar-refractivity contribution in [2.45, 2.75) is 19.4 Å². The molecule has 0 aliphatic heterocycles. The van der Waals surface area contributed by atoms with Crippen LogP contribution in [0.15, 0.2) is 66.0 Å². The van der Waals surface area contributed by atoms with E-state index in [2.05, 4.69) is 10.3 Å². The van der Waals surface area contributed by atoms with Gasteiger partial charge in [-0.25, -0.2) is 13.4 Å². The normalized spacial score (nSPS) is 11.3. The molecular formula is C21H22N2O3S2. The van der Waals surface area contributed by atoms with Crippen LogP contribution in [0, 0.1) is 0 Å². The molecule has 5 nitrogen and oxygen atoms in total. The first kappa shape index (κ1) is 20.2. The predicted molar refractivity (Wildman–Crippen MR) is 113 cm³/mol. The van der Waals surface area contributed by atoms with Gasteiger partial charge in [-0.2, -0.15) is 0 Å². The summed E-state index contributed by atoms with van der Waals surface area (Å²) in [6.45, 7) is 0.224. The standard InChI is InChI=1S/C21H22N2O3S2/c24-20(16-28(25,26)13-7-10-17-8-3-1-4-9-17)22-14-19-15-27-21(23-19)18-11-5-2-6-12-18/h1-6,8-9,11-12,15H,7,10,13-14,16H2,(H,22,24). The first-order chi connectivity index (χ1) is 13.5. The van der Waals surface area contributed by atoms with Crippen LogP contribution in [0.3, 0.4) is 0 Å². The summed E-state index contributed by atoms with van der Waals surface area (Å²) in [6.07, 6.45) is 1.19.